The van der Waals surface area contributed by atoms with E-state index in [1.165, 1.54) is 6.08 Å². The Morgan fingerprint density at radius 2 is 1.91 bits per heavy atom. The SMILES string of the molecule is CCOc1cccc(NC=CC(=O)c2ccc(OC)cc2)c1. The highest BCUT2D eigenvalue weighted by Crippen LogP contribution is 2.17. The average molecular weight is 297 g/mol. The topological polar surface area (TPSA) is 47.6 Å². The van der Waals surface area contributed by atoms with Crippen LogP contribution in [-0.2, 0) is 0 Å². The van der Waals surface area contributed by atoms with Gasteiger partial charge >= 0.3 is 0 Å². The van der Waals surface area contributed by atoms with Crippen molar-refractivity contribution in [2.45, 2.75) is 6.92 Å². The van der Waals surface area contributed by atoms with Crippen molar-refractivity contribution in [3.8, 4) is 11.5 Å². The van der Waals surface area contributed by atoms with E-state index in [-0.39, 0.29) is 5.78 Å². The van der Waals surface area contributed by atoms with E-state index >= 15 is 0 Å². The predicted molar refractivity (Wildman–Crippen MR) is 87.7 cm³/mol. The molecule has 0 heterocycles. The van der Waals surface area contributed by atoms with Gasteiger partial charge in [0.2, 0.25) is 0 Å². The number of hydrogen-bond acceptors (Lipinski definition) is 4. The first-order valence-corrected chi connectivity index (χ1v) is 7.07. The van der Waals surface area contributed by atoms with Gasteiger partial charge in [-0.25, -0.2) is 0 Å². The number of ketones is 1. The predicted octanol–water partition coefficient (Wildman–Crippen LogP) is 3.90. The summed E-state index contributed by atoms with van der Waals surface area (Å²) >= 11 is 0. The third kappa shape index (κ3) is 4.38. The molecule has 22 heavy (non-hydrogen) atoms. The number of allylic oxidation sites excluding steroid dienone is 1. The minimum Gasteiger partial charge on any atom is -0.497 e. The Kier molecular flexibility index (Phi) is 5.60. The van der Waals surface area contributed by atoms with Crippen LogP contribution in [0.4, 0.5) is 5.69 Å². The number of methoxy groups -OCH3 is 1. The normalized spacial score (nSPS) is 10.5. The quantitative estimate of drug-likeness (QED) is 0.622. The molecule has 0 radical (unpaired) electrons. The van der Waals surface area contributed by atoms with Gasteiger partial charge in [-0.15, -0.1) is 0 Å². The van der Waals surface area contributed by atoms with Gasteiger partial charge in [0.05, 0.1) is 13.7 Å². The molecule has 4 heteroatoms. The Morgan fingerprint density at radius 1 is 1.14 bits per heavy atom. The van der Waals surface area contributed by atoms with E-state index in [2.05, 4.69) is 5.32 Å². The molecule has 0 aromatic heterocycles. The highest BCUT2D eigenvalue weighted by molar-refractivity contribution is 6.04. The second-order valence-corrected chi connectivity index (χ2v) is 4.53. The molecule has 2 rings (SSSR count). The number of nitrogens with one attached hydrogen (secondary N) is 1. The van der Waals surface area contributed by atoms with Crippen LogP contribution in [-0.4, -0.2) is 19.5 Å². The van der Waals surface area contributed by atoms with Crippen molar-refractivity contribution in [1.82, 2.24) is 0 Å². The molecule has 0 aliphatic rings. The molecule has 0 spiro atoms. The highest BCUT2D eigenvalue weighted by Gasteiger charge is 2.01. The smallest absolute Gasteiger partial charge is 0.187 e. The minimum atomic E-state index is -0.0730. The van der Waals surface area contributed by atoms with Gasteiger partial charge < -0.3 is 14.8 Å². The summed E-state index contributed by atoms with van der Waals surface area (Å²) in [5, 5.41) is 3.06. The second kappa shape index (κ2) is 7.88. The van der Waals surface area contributed by atoms with Gasteiger partial charge in [-0.2, -0.15) is 0 Å². The average Bonchev–Trinajstić information content (AvgIpc) is 2.55. The van der Waals surface area contributed by atoms with Crippen LogP contribution in [0.1, 0.15) is 17.3 Å². The molecule has 2 aromatic rings. The zero-order chi connectivity index (χ0) is 15.8. The molecule has 0 saturated heterocycles. The van der Waals surface area contributed by atoms with E-state index in [1.807, 2.05) is 31.2 Å². The summed E-state index contributed by atoms with van der Waals surface area (Å²) < 4.78 is 10.5. The zero-order valence-electron chi connectivity index (χ0n) is 12.7. The maximum atomic E-state index is 12.0. The van der Waals surface area contributed by atoms with Crippen LogP contribution < -0.4 is 14.8 Å². The molecule has 0 bridgehead atoms. The first-order chi connectivity index (χ1) is 10.7. The van der Waals surface area contributed by atoms with Crippen LogP contribution >= 0.6 is 0 Å². The summed E-state index contributed by atoms with van der Waals surface area (Å²) in [7, 11) is 1.59. The van der Waals surface area contributed by atoms with E-state index in [0.29, 0.717) is 12.2 Å². The first-order valence-electron chi connectivity index (χ1n) is 7.07. The van der Waals surface area contributed by atoms with Gasteiger partial charge in [-0.3, -0.25) is 4.79 Å². The Balaban J connectivity index is 1.96. The van der Waals surface area contributed by atoms with Gasteiger partial charge in [-0.05, 0) is 43.3 Å². The summed E-state index contributed by atoms with van der Waals surface area (Å²) in [4.78, 5) is 12.0. The lowest BCUT2D eigenvalue weighted by molar-refractivity contribution is 0.104. The number of ether oxygens (including phenoxy) is 2. The Morgan fingerprint density at radius 3 is 2.59 bits per heavy atom. The fraction of sp³-hybridized carbons (Fsp3) is 0.167. The molecule has 1 N–H and O–H groups in total. The van der Waals surface area contributed by atoms with E-state index in [1.54, 1.807) is 37.6 Å². The lowest BCUT2D eigenvalue weighted by Crippen LogP contribution is -1.97. The van der Waals surface area contributed by atoms with Crippen molar-refractivity contribution in [2.24, 2.45) is 0 Å². The Labute approximate surface area is 130 Å². The van der Waals surface area contributed by atoms with Gasteiger partial charge in [0.15, 0.2) is 5.78 Å². The maximum Gasteiger partial charge on any atom is 0.187 e. The second-order valence-electron chi connectivity index (χ2n) is 4.53. The van der Waals surface area contributed by atoms with Crippen LogP contribution in [0, 0.1) is 0 Å². The largest absolute Gasteiger partial charge is 0.497 e. The van der Waals surface area contributed by atoms with E-state index in [4.69, 9.17) is 9.47 Å². The minimum absolute atomic E-state index is 0.0730. The number of carbonyl (C=O) groups excluding carboxylic acids is 1. The zero-order valence-corrected chi connectivity index (χ0v) is 12.7. The molecular weight excluding hydrogens is 278 g/mol. The molecule has 114 valence electrons. The summed E-state index contributed by atoms with van der Waals surface area (Å²) in [6.07, 6.45) is 3.12. The molecule has 0 saturated carbocycles. The first kappa shape index (κ1) is 15.6. The van der Waals surface area contributed by atoms with Crippen molar-refractivity contribution < 1.29 is 14.3 Å². The number of hydrogen-bond donors (Lipinski definition) is 1. The summed E-state index contributed by atoms with van der Waals surface area (Å²) in [6, 6.07) is 14.6. The van der Waals surface area contributed by atoms with Gasteiger partial charge in [0.1, 0.15) is 11.5 Å². The van der Waals surface area contributed by atoms with Crippen LogP contribution in [0.2, 0.25) is 0 Å². The molecule has 0 amide bonds. The molecule has 0 fully saturated rings. The summed E-state index contributed by atoms with van der Waals surface area (Å²) in [5.41, 5.74) is 1.48. The number of carbonyl (C=O) groups is 1. The molecule has 0 unspecified atom stereocenters. The monoisotopic (exact) mass is 297 g/mol. The summed E-state index contributed by atoms with van der Waals surface area (Å²) in [5.74, 6) is 1.45. The van der Waals surface area contributed by atoms with Gasteiger partial charge in [0, 0.05) is 29.6 Å². The maximum absolute atomic E-state index is 12.0. The van der Waals surface area contributed by atoms with Crippen molar-refractivity contribution >= 4 is 11.5 Å². The Hall–Kier alpha value is -2.75. The van der Waals surface area contributed by atoms with Crippen LogP contribution in [0.3, 0.4) is 0 Å². The fourth-order valence-corrected chi connectivity index (χ4v) is 1.91. The van der Waals surface area contributed by atoms with Crippen LogP contribution in [0.25, 0.3) is 0 Å². The lowest BCUT2D eigenvalue weighted by atomic mass is 10.1. The van der Waals surface area contributed by atoms with Crippen molar-refractivity contribution in [3.63, 3.8) is 0 Å². The highest BCUT2D eigenvalue weighted by atomic mass is 16.5. The molecule has 0 atom stereocenters. The van der Waals surface area contributed by atoms with E-state index in [9.17, 15) is 4.79 Å². The number of rotatable bonds is 7. The molecule has 0 aliphatic heterocycles. The summed E-state index contributed by atoms with van der Waals surface area (Å²) in [6.45, 7) is 2.56. The van der Waals surface area contributed by atoms with Crippen molar-refractivity contribution in [3.05, 3.63) is 66.4 Å². The third-order valence-electron chi connectivity index (χ3n) is 3.00. The Bertz CT molecular complexity index is 648. The van der Waals surface area contributed by atoms with Crippen LogP contribution in [0.15, 0.2) is 60.8 Å². The number of benzene rings is 2. The fourth-order valence-electron chi connectivity index (χ4n) is 1.91. The van der Waals surface area contributed by atoms with Crippen molar-refractivity contribution in [1.29, 1.82) is 0 Å². The number of anilines is 1. The molecule has 4 nitrogen and oxygen atoms in total. The standard InChI is InChI=1S/C18H19NO3/c1-3-22-17-6-4-5-15(13-17)19-12-11-18(20)14-7-9-16(21-2)10-8-14/h4-13,19H,3H2,1-2H3. The lowest BCUT2D eigenvalue weighted by Gasteiger charge is -2.05. The van der Waals surface area contributed by atoms with E-state index < -0.39 is 0 Å². The molecule has 2 aromatic carbocycles. The van der Waals surface area contributed by atoms with Crippen molar-refractivity contribution in [2.75, 3.05) is 19.0 Å². The van der Waals surface area contributed by atoms with E-state index in [0.717, 1.165) is 17.2 Å². The molecule has 0 aliphatic carbocycles. The third-order valence-corrected chi connectivity index (χ3v) is 3.00. The van der Waals surface area contributed by atoms with Crippen LogP contribution in [0.5, 0.6) is 11.5 Å². The van der Waals surface area contributed by atoms with Gasteiger partial charge in [0.25, 0.3) is 0 Å². The molecular formula is C18H19NO3. The van der Waals surface area contributed by atoms with Gasteiger partial charge in [-0.1, -0.05) is 6.07 Å².